The van der Waals surface area contributed by atoms with Crippen LogP contribution in [0.5, 0.6) is 0 Å². The van der Waals surface area contributed by atoms with E-state index < -0.39 is 128 Å². The molecule has 0 atom stereocenters. The lowest BCUT2D eigenvalue weighted by molar-refractivity contribution is 0.280. The van der Waals surface area contributed by atoms with Crippen LogP contribution in [0.15, 0.2) is 102 Å². The Morgan fingerprint density at radius 3 is 1.29 bits per heavy atom. The zero-order valence-electron chi connectivity index (χ0n) is 41.3. The molecule has 2 aromatic heterocycles. The highest BCUT2D eigenvalue weighted by Gasteiger charge is 2.26. The number of benzene rings is 4. The van der Waals surface area contributed by atoms with E-state index in [-0.39, 0.29) is 96.5 Å². The Labute approximate surface area is 458 Å². The number of rotatable bonds is 26. The van der Waals surface area contributed by atoms with Crippen molar-refractivity contribution in [3.8, 4) is 0 Å². The van der Waals surface area contributed by atoms with E-state index >= 15 is 0 Å². The highest BCUT2D eigenvalue weighted by Crippen LogP contribution is 2.30. The van der Waals surface area contributed by atoms with Crippen LogP contribution in [-0.2, 0) is 80.0 Å². The molecule has 0 amide bonds. The summed E-state index contributed by atoms with van der Waals surface area (Å²) >= 11 is 0. The molecule has 0 aliphatic rings. The van der Waals surface area contributed by atoms with Crippen molar-refractivity contribution in [2.75, 3.05) is 61.1 Å². The molecule has 6 aromatic rings. The fraction of sp³-hybridized carbons (Fsp3) is 0.273. The van der Waals surface area contributed by atoms with Gasteiger partial charge in [0, 0.05) is 51.1 Å². The van der Waals surface area contributed by atoms with Crippen LogP contribution in [0.1, 0.15) is 58.6 Å². The minimum atomic E-state index is -5.15. The van der Waals surface area contributed by atoms with Crippen molar-refractivity contribution in [2.45, 2.75) is 62.0 Å². The molecule has 0 bridgehead atoms. The van der Waals surface area contributed by atoms with E-state index in [0.29, 0.717) is 18.6 Å². The molecule has 30 nitrogen and oxygen atoms in total. The molecule has 0 saturated carbocycles. The molecule has 80 heavy (non-hydrogen) atoms. The molecule has 432 valence electrons. The lowest BCUT2D eigenvalue weighted by Crippen LogP contribution is -2.32. The van der Waals surface area contributed by atoms with E-state index in [1.165, 1.54) is 28.0 Å². The van der Waals surface area contributed by atoms with Gasteiger partial charge in [-0.05, 0) is 88.8 Å². The average Bonchev–Trinajstić information content (AvgIpc) is 3.34. The summed E-state index contributed by atoms with van der Waals surface area (Å²) in [4.78, 5) is 24.1. The van der Waals surface area contributed by atoms with Crippen molar-refractivity contribution < 1.29 is 93.1 Å². The Kier molecular flexibility index (Phi) is 19.6. The summed E-state index contributed by atoms with van der Waals surface area (Å²) in [6.07, 6.45) is 1.06. The fourth-order valence-electron chi connectivity index (χ4n) is 7.76. The number of anilines is 4. The molecule has 0 unspecified atom stereocenters. The molecule has 0 spiro atoms. The number of hydrogen-bond acceptors (Lipinski definition) is 24. The van der Waals surface area contributed by atoms with Crippen molar-refractivity contribution in [3.05, 3.63) is 118 Å². The Morgan fingerprint density at radius 1 is 0.438 bits per heavy atom. The SMILES string of the molecule is CCCN(CCO)c1nc(Cc2ccc(/C=C/c3ccc(Nc4nc(Cc5cc(S(=O)(=O)O)ccc5S(=O)(=O)O)nc(N(CCO)CCO)n4)cc3S(=O)(=O)O)c(S(=O)(=O)O)c2)nc(Cc2cc(S(=O)(=O)O)ccc2S(=O)(=O)O)n1. The molecule has 10 N–H and O–H groups in total. The summed E-state index contributed by atoms with van der Waals surface area (Å²) in [6.45, 7) is 0.303. The molecular weight excluding hydrogens is 1180 g/mol. The third-order valence-electron chi connectivity index (χ3n) is 11.2. The van der Waals surface area contributed by atoms with E-state index in [9.17, 15) is 93.1 Å². The van der Waals surface area contributed by atoms with Crippen molar-refractivity contribution in [1.29, 1.82) is 0 Å². The Bertz CT molecular complexity index is 3790. The van der Waals surface area contributed by atoms with Crippen LogP contribution in [0.3, 0.4) is 0 Å². The molecule has 36 heteroatoms. The van der Waals surface area contributed by atoms with E-state index in [1.54, 1.807) is 6.92 Å². The van der Waals surface area contributed by atoms with Gasteiger partial charge >= 0.3 is 0 Å². The topological polar surface area (TPSA) is 483 Å². The normalized spacial score (nSPS) is 12.7. The molecule has 0 fully saturated rings. The lowest BCUT2D eigenvalue weighted by atomic mass is 10.1. The first-order chi connectivity index (χ1) is 37.2. The number of aliphatic hydroxyl groups is 3. The largest absolute Gasteiger partial charge is 0.395 e. The van der Waals surface area contributed by atoms with Crippen LogP contribution < -0.4 is 15.1 Å². The van der Waals surface area contributed by atoms with Crippen LogP contribution in [0.25, 0.3) is 12.2 Å². The number of aliphatic hydroxyl groups excluding tert-OH is 3. The van der Waals surface area contributed by atoms with Gasteiger partial charge in [0.2, 0.25) is 17.8 Å². The second kappa shape index (κ2) is 25.0. The number of hydrogen-bond donors (Lipinski definition) is 10. The standard InChI is InChI=1S/C44H49N9O21S6/c1-2-13-52(14-17-54)43-48-39(46-40(49-43)24-30-22-33(75(57,58)59)9-11-35(30)77(63,64)65)21-27-3-4-28(37(20-27)79(69,70)71)5-6-29-7-8-32(26-38(29)80(72,73)74)45-42-47-41(50-44(51-42)53(15-18-55)16-19-56)25-31-23-34(76(60,61)62)10-12-36(31)78(66,67)68/h3-12,20,22-23,26,54-56H,2,13-19,21,24-25H2,1H3,(H,57,58,59)(H,60,61,62)(H,63,64,65)(H,66,67,68)(H,69,70,71)(H,72,73,74)(H,45,47,50,51)/b6-5+. The van der Waals surface area contributed by atoms with Gasteiger partial charge in [-0.1, -0.05) is 37.3 Å². The quantitative estimate of drug-likeness (QED) is 0.0270. The maximum absolute atomic E-state index is 12.9. The fourth-order valence-corrected chi connectivity index (χ4v) is 11.7. The molecule has 0 aliphatic heterocycles. The zero-order valence-corrected chi connectivity index (χ0v) is 46.2. The Morgan fingerprint density at radius 2 is 0.850 bits per heavy atom. The Balaban J connectivity index is 1.38. The van der Waals surface area contributed by atoms with Crippen molar-refractivity contribution in [1.82, 2.24) is 29.9 Å². The van der Waals surface area contributed by atoms with Crippen molar-refractivity contribution >= 4 is 96.4 Å². The molecule has 4 aromatic carbocycles. The van der Waals surface area contributed by atoms with E-state index in [4.69, 9.17) is 0 Å². The van der Waals surface area contributed by atoms with E-state index in [2.05, 4.69) is 35.2 Å². The smallest absolute Gasteiger partial charge is 0.295 e. The third kappa shape index (κ3) is 16.5. The molecule has 0 aliphatic carbocycles. The summed E-state index contributed by atoms with van der Waals surface area (Å²) in [5, 5.41) is 31.9. The van der Waals surface area contributed by atoms with Gasteiger partial charge in [0.25, 0.3) is 60.7 Å². The minimum absolute atomic E-state index is 0.0120. The van der Waals surface area contributed by atoms with Crippen LogP contribution in [-0.4, -0.2) is 169 Å². The summed E-state index contributed by atoms with van der Waals surface area (Å²) in [5.74, 6) is -1.41. The third-order valence-corrected chi connectivity index (χ3v) is 16.6. The van der Waals surface area contributed by atoms with Crippen LogP contribution in [0, 0.1) is 0 Å². The lowest BCUT2D eigenvalue weighted by Gasteiger charge is -2.22. The van der Waals surface area contributed by atoms with Crippen LogP contribution in [0.2, 0.25) is 0 Å². The first-order valence-electron chi connectivity index (χ1n) is 22.9. The summed E-state index contributed by atoms with van der Waals surface area (Å²) in [5.41, 5.74) is -1.33. The second-order valence-corrected chi connectivity index (χ2v) is 25.4. The first kappa shape index (κ1) is 62.6. The summed E-state index contributed by atoms with van der Waals surface area (Å²) in [7, 11) is -30.1. The van der Waals surface area contributed by atoms with Gasteiger partial charge in [0.05, 0.1) is 39.4 Å². The van der Waals surface area contributed by atoms with Crippen LogP contribution in [0.4, 0.5) is 23.5 Å². The number of nitrogens with one attached hydrogen (secondary N) is 1. The molecule has 0 saturated heterocycles. The minimum Gasteiger partial charge on any atom is -0.395 e. The van der Waals surface area contributed by atoms with Gasteiger partial charge in [0.1, 0.15) is 27.3 Å². The number of nitrogens with zero attached hydrogens (tertiary/aromatic N) is 8. The van der Waals surface area contributed by atoms with Crippen molar-refractivity contribution in [3.63, 3.8) is 0 Å². The first-order valence-corrected chi connectivity index (χ1v) is 31.5. The van der Waals surface area contributed by atoms with Gasteiger partial charge < -0.3 is 30.4 Å². The van der Waals surface area contributed by atoms with E-state index in [1.807, 2.05) is 0 Å². The molecular formula is C44H49N9O21S6. The predicted octanol–water partition coefficient (Wildman–Crippen LogP) is 1.22. The zero-order chi connectivity index (χ0) is 59.2. The molecule has 6 rings (SSSR count). The molecule has 2 heterocycles. The van der Waals surface area contributed by atoms with Gasteiger partial charge in [-0.3, -0.25) is 27.3 Å². The summed E-state index contributed by atoms with van der Waals surface area (Å²) < 4.78 is 209. The predicted molar refractivity (Wildman–Crippen MR) is 281 cm³/mol. The monoisotopic (exact) mass is 1230 g/mol. The second-order valence-electron chi connectivity index (χ2n) is 17.0. The average molecular weight is 1230 g/mol. The highest BCUT2D eigenvalue weighted by molar-refractivity contribution is 7.87. The van der Waals surface area contributed by atoms with Gasteiger partial charge in [0.15, 0.2) is 0 Å². The maximum atomic E-state index is 12.9. The van der Waals surface area contributed by atoms with Gasteiger partial charge in [-0.25, -0.2) is 4.98 Å². The van der Waals surface area contributed by atoms with Crippen molar-refractivity contribution in [2.24, 2.45) is 0 Å². The van der Waals surface area contributed by atoms with Gasteiger partial charge in [-0.2, -0.15) is 75.4 Å². The highest BCUT2D eigenvalue weighted by atomic mass is 32.2. The van der Waals surface area contributed by atoms with Gasteiger partial charge in [-0.15, -0.1) is 0 Å². The number of aromatic nitrogens is 6. The van der Waals surface area contributed by atoms with E-state index in [0.717, 1.165) is 54.6 Å². The molecule has 0 radical (unpaired) electrons. The Hall–Kier alpha value is -6.62. The van der Waals surface area contributed by atoms with Crippen LogP contribution >= 0.6 is 0 Å². The summed E-state index contributed by atoms with van der Waals surface area (Å²) in [6, 6.07) is 11.3. The maximum Gasteiger partial charge on any atom is 0.295 e.